The van der Waals surface area contributed by atoms with Crippen LogP contribution in [0.2, 0.25) is 0 Å². The van der Waals surface area contributed by atoms with Gasteiger partial charge in [-0.2, -0.15) is 0 Å². The van der Waals surface area contributed by atoms with Gasteiger partial charge in [-0.15, -0.1) is 18.0 Å². The molecular formula is C15H20BrClO. The first-order valence-electron chi connectivity index (χ1n) is 6.38. The fourth-order valence-corrected chi connectivity index (χ4v) is 2.55. The van der Waals surface area contributed by atoms with Gasteiger partial charge in [0.2, 0.25) is 0 Å². The standard InChI is InChI=1S/C15H20BrClO/c1-3-5-6-11-15-13(17)9-7-8-10-14(18-15)12(16)4-2/h1,5-8,12-15H,4,9-11H2,2H3/b6-5-,8-7-/t12-,13-,14+,15-/m0/s1. The summed E-state index contributed by atoms with van der Waals surface area (Å²) in [5, 5.41) is 0.00281. The maximum atomic E-state index is 6.37. The van der Waals surface area contributed by atoms with E-state index in [0.717, 1.165) is 25.7 Å². The number of terminal acetylenes is 1. The van der Waals surface area contributed by atoms with Crippen LogP contribution in [0.15, 0.2) is 24.3 Å². The van der Waals surface area contributed by atoms with Gasteiger partial charge in [-0.05, 0) is 31.8 Å². The molecular weight excluding hydrogens is 312 g/mol. The van der Waals surface area contributed by atoms with E-state index < -0.39 is 0 Å². The average Bonchev–Trinajstić information content (AvgIpc) is 2.37. The van der Waals surface area contributed by atoms with Gasteiger partial charge in [0.15, 0.2) is 0 Å². The number of hydrogen-bond donors (Lipinski definition) is 0. The van der Waals surface area contributed by atoms with Crippen LogP contribution in [0.5, 0.6) is 0 Å². The van der Waals surface area contributed by atoms with Crippen LogP contribution in [-0.2, 0) is 4.74 Å². The lowest BCUT2D eigenvalue weighted by molar-refractivity contribution is -0.0122. The molecule has 0 bridgehead atoms. The molecule has 0 unspecified atom stereocenters. The Morgan fingerprint density at radius 1 is 1.56 bits per heavy atom. The molecule has 0 aromatic rings. The van der Waals surface area contributed by atoms with Crippen molar-refractivity contribution >= 4 is 27.5 Å². The second kappa shape index (κ2) is 8.80. The number of rotatable bonds is 4. The van der Waals surface area contributed by atoms with Crippen molar-refractivity contribution in [3.8, 4) is 12.3 Å². The molecule has 0 N–H and O–H groups in total. The highest BCUT2D eigenvalue weighted by molar-refractivity contribution is 9.09. The van der Waals surface area contributed by atoms with Gasteiger partial charge in [0.25, 0.3) is 0 Å². The van der Waals surface area contributed by atoms with Crippen LogP contribution in [0.25, 0.3) is 0 Å². The Balaban J connectivity index is 2.69. The number of alkyl halides is 2. The number of allylic oxidation sites excluding steroid dienone is 2. The first-order chi connectivity index (χ1) is 8.69. The Morgan fingerprint density at radius 2 is 2.28 bits per heavy atom. The van der Waals surface area contributed by atoms with Crippen LogP contribution >= 0.6 is 27.5 Å². The summed E-state index contributed by atoms with van der Waals surface area (Å²) in [6, 6.07) is 0. The van der Waals surface area contributed by atoms with Crippen LogP contribution in [0.3, 0.4) is 0 Å². The van der Waals surface area contributed by atoms with Crippen molar-refractivity contribution in [2.75, 3.05) is 0 Å². The monoisotopic (exact) mass is 330 g/mol. The molecule has 0 saturated heterocycles. The van der Waals surface area contributed by atoms with Crippen molar-refractivity contribution < 1.29 is 4.74 Å². The average molecular weight is 332 g/mol. The number of halogens is 2. The second-order valence-electron chi connectivity index (χ2n) is 4.40. The van der Waals surface area contributed by atoms with E-state index in [4.69, 9.17) is 22.8 Å². The molecule has 4 atom stereocenters. The molecule has 0 amide bonds. The van der Waals surface area contributed by atoms with E-state index in [2.05, 4.69) is 40.9 Å². The fourth-order valence-electron chi connectivity index (χ4n) is 1.94. The lowest BCUT2D eigenvalue weighted by Gasteiger charge is -2.30. The molecule has 18 heavy (non-hydrogen) atoms. The summed E-state index contributed by atoms with van der Waals surface area (Å²) in [5.74, 6) is 2.49. The minimum Gasteiger partial charge on any atom is -0.372 e. The van der Waals surface area contributed by atoms with E-state index in [1.54, 1.807) is 6.08 Å². The van der Waals surface area contributed by atoms with Gasteiger partial charge in [0.1, 0.15) is 0 Å². The van der Waals surface area contributed by atoms with E-state index in [-0.39, 0.29) is 17.6 Å². The summed E-state index contributed by atoms with van der Waals surface area (Å²) in [5.41, 5.74) is 0. The Labute approximate surface area is 124 Å². The minimum absolute atomic E-state index is 0.00281. The van der Waals surface area contributed by atoms with Gasteiger partial charge < -0.3 is 4.74 Å². The van der Waals surface area contributed by atoms with Crippen LogP contribution < -0.4 is 0 Å². The molecule has 0 aromatic heterocycles. The zero-order chi connectivity index (χ0) is 13.4. The van der Waals surface area contributed by atoms with Crippen molar-refractivity contribution in [3.05, 3.63) is 24.3 Å². The van der Waals surface area contributed by atoms with Gasteiger partial charge in [-0.1, -0.05) is 47.0 Å². The normalized spacial score (nSPS) is 32.4. The maximum Gasteiger partial charge on any atom is 0.0780 e. The zero-order valence-corrected chi connectivity index (χ0v) is 13.0. The molecule has 0 fully saturated rings. The number of ether oxygens (including phenoxy) is 1. The lowest BCUT2D eigenvalue weighted by Crippen LogP contribution is -2.34. The summed E-state index contributed by atoms with van der Waals surface area (Å²) >= 11 is 10.1. The van der Waals surface area contributed by atoms with E-state index in [1.165, 1.54) is 0 Å². The van der Waals surface area contributed by atoms with Crippen LogP contribution in [0.1, 0.15) is 32.6 Å². The number of hydrogen-bond acceptors (Lipinski definition) is 1. The smallest absolute Gasteiger partial charge is 0.0780 e. The molecule has 1 heterocycles. The van der Waals surface area contributed by atoms with Crippen LogP contribution in [0.4, 0.5) is 0 Å². The third-order valence-electron chi connectivity index (χ3n) is 3.03. The zero-order valence-electron chi connectivity index (χ0n) is 10.7. The van der Waals surface area contributed by atoms with E-state index >= 15 is 0 Å². The SMILES string of the molecule is C#C/C=C\C[C@@H]1O[C@@H]([C@@H](Br)CC)C/C=C\C[C@@H]1Cl. The highest BCUT2D eigenvalue weighted by Gasteiger charge is 2.26. The lowest BCUT2D eigenvalue weighted by atomic mass is 10.0. The van der Waals surface area contributed by atoms with Crippen molar-refractivity contribution in [2.24, 2.45) is 0 Å². The quantitative estimate of drug-likeness (QED) is 0.420. The third kappa shape index (κ3) is 5.18. The van der Waals surface area contributed by atoms with Gasteiger partial charge >= 0.3 is 0 Å². The molecule has 1 aliphatic rings. The molecule has 0 aromatic carbocycles. The molecule has 100 valence electrons. The summed E-state index contributed by atoms with van der Waals surface area (Å²) in [7, 11) is 0. The highest BCUT2D eigenvalue weighted by atomic mass is 79.9. The van der Waals surface area contributed by atoms with Gasteiger partial charge in [-0.3, -0.25) is 0 Å². The minimum atomic E-state index is 0.00281. The summed E-state index contributed by atoms with van der Waals surface area (Å²) in [6.07, 6.45) is 17.0. The molecule has 0 spiro atoms. The largest absolute Gasteiger partial charge is 0.372 e. The van der Waals surface area contributed by atoms with Gasteiger partial charge in [0.05, 0.1) is 17.6 Å². The van der Waals surface area contributed by atoms with Gasteiger partial charge in [-0.25, -0.2) is 0 Å². The van der Waals surface area contributed by atoms with E-state index in [0.29, 0.717) is 4.83 Å². The molecule has 1 rings (SSSR count). The Kier molecular flexibility index (Phi) is 7.74. The summed E-state index contributed by atoms with van der Waals surface area (Å²) < 4.78 is 6.15. The molecule has 0 saturated carbocycles. The Bertz CT molecular complexity index is 332. The molecule has 1 nitrogen and oxygen atoms in total. The third-order valence-corrected chi connectivity index (χ3v) is 4.72. The van der Waals surface area contributed by atoms with Crippen molar-refractivity contribution in [1.29, 1.82) is 0 Å². The topological polar surface area (TPSA) is 9.23 Å². The predicted octanol–water partition coefficient (Wildman–Crippen LogP) is 4.45. The van der Waals surface area contributed by atoms with Crippen molar-refractivity contribution in [3.63, 3.8) is 0 Å². The second-order valence-corrected chi connectivity index (χ2v) is 6.14. The van der Waals surface area contributed by atoms with Crippen LogP contribution in [0, 0.1) is 12.3 Å². The predicted molar refractivity (Wildman–Crippen MR) is 82.3 cm³/mol. The van der Waals surface area contributed by atoms with E-state index in [9.17, 15) is 0 Å². The van der Waals surface area contributed by atoms with Crippen molar-refractivity contribution in [1.82, 2.24) is 0 Å². The first kappa shape index (κ1) is 15.8. The fraction of sp³-hybridized carbons (Fsp3) is 0.600. The summed E-state index contributed by atoms with van der Waals surface area (Å²) in [6.45, 7) is 2.15. The Hall–Kier alpha value is -0.230. The maximum absolute atomic E-state index is 6.37. The molecule has 0 radical (unpaired) electrons. The summed E-state index contributed by atoms with van der Waals surface area (Å²) in [4.78, 5) is 0.364. The Morgan fingerprint density at radius 3 is 2.94 bits per heavy atom. The first-order valence-corrected chi connectivity index (χ1v) is 7.74. The van der Waals surface area contributed by atoms with Crippen LogP contribution in [-0.4, -0.2) is 22.4 Å². The molecule has 0 aliphatic carbocycles. The van der Waals surface area contributed by atoms with Gasteiger partial charge in [0, 0.05) is 4.83 Å². The highest BCUT2D eigenvalue weighted by Crippen LogP contribution is 2.26. The van der Waals surface area contributed by atoms with E-state index in [1.807, 2.05) is 6.08 Å². The van der Waals surface area contributed by atoms with Crippen molar-refractivity contribution in [2.45, 2.75) is 55.0 Å². The molecule has 1 aliphatic heterocycles. The molecule has 3 heteroatoms.